The zero-order valence-electron chi connectivity index (χ0n) is 81.7. The van der Waals surface area contributed by atoms with Crippen LogP contribution in [0.25, 0.3) is 0 Å². The van der Waals surface area contributed by atoms with Crippen LogP contribution >= 0.6 is 11.6 Å². The maximum Gasteiger partial charge on any atom is 0.410 e. The minimum Gasteiger partial charge on any atom is -0.444 e. The number of amides is 14. The molecule has 1 aromatic carbocycles. The molecule has 13 aliphatic rings. The first-order valence-corrected chi connectivity index (χ1v) is 49.5. The molecule has 14 amide bonds. The van der Waals surface area contributed by atoms with Crippen LogP contribution in [0.3, 0.4) is 0 Å². The first-order valence-electron chi connectivity index (χ1n) is 49.1. The SMILES string of the molecule is CC(C)(C)OC(=O)N1CCC[C@@H](N)C1.CC(C)(C)OC(=O)N1CCC[C@@H](N2CCCNC2=O)C1.CN1CCCN([C@@H]2CCCN(C(=O)OC(C)(C)C)C2)C1=O.CN1CCCN([C@@H]2CCCN(c3cnc(C#N)c(Cl)n3)C2)C1=O.CN1CCCN([C@@H]2CCCN(c3cnc(C(N)=O)c(Nc4ccc(C5CCN(C6CCCC6)CC5)cc4)n3)C2)C1=O.CN1CCCN([C@@H]2CCCNC2)C1=O. The van der Waals surface area contributed by atoms with Crippen molar-refractivity contribution in [1.29, 1.82) is 5.26 Å². The van der Waals surface area contributed by atoms with Gasteiger partial charge in [0.2, 0.25) is 0 Å². The summed E-state index contributed by atoms with van der Waals surface area (Å²) < 4.78 is 16.1. The van der Waals surface area contributed by atoms with E-state index in [1.54, 1.807) is 41.8 Å². The van der Waals surface area contributed by atoms with Gasteiger partial charge in [0, 0.05) is 189 Å². The van der Waals surface area contributed by atoms with Crippen molar-refractivity contribution >= 4 is 89.1 Å². The van der Waals surface area contributed by atoms with Gasteiger partial charge in [0.25, 0.3) is 5.91 Å². The summed E-state index contributed by atoms with van der Waals surface area (Å²) in [5, 5.41) is 18.5. The highest BCUT2D eigenvalue weighted by Crippen LogP contribution is 2.36. The van der Waals surface area contributed by atoms with E-state index in [9.17, 15) is 43.2 Å². The van der Waals surface area contributed by atoms with Crippen molar-refractivity contribution in [3.8, 4) is 6.07 Å². The number of rotatable bonds is 12. The summed E-state index contributed by atoms with van der Waals surface area (Å²) in [5.74, 6) is 1.69. The number of nitrogens with one attached hydrogen (secondary N) is 3. The van der Waals surface area contributed by atoms with E-state index in [0.717, 1.165) is 219 Å². The maximum atomic E-state index is 12.8. The lowest BCUT2D eigenvalue weighted by Gasteiger charge is -2.43. The van der Waals surface area contributed by atoms with Gasteiger partial charge in [0.1, 0.15) is 34.5 Å². The van der Waals surface area contributed by atoms with E-state index in [2.05, 4.69) is 69.9 Å². The number of likely N-dealkylation sites (tertiary alicyclic amines) is 4. The third kappa shape index (κ3) is 30.3. The molecule has 1 aliphatic carbocycles. The number of anilines is 4. The second kappa shape index (κ2) is 48.5. The Morgan fingerprint density at radius 2 is 0.857 bits per heavy atom. The standard InChI is InChI=1S/C31H44N8O2.C15H19ClN6O.C15H27N3O3.C14H25N3O3.C10H19N3O.C10H20N2O2/c1-36-15-5-17-39(31(36)41)26-8-4-16-38(21-26)27-20-33-28(29(32)40)30(35-27)34-24-11-9-22(10-12-24)23-13-18-37(19-14-23)25-6-2-3-7-25;1-20-5-3-7-22(15(20)23)11-4-2-6-21(10-11)13-9-18-12(8-17)14(16)19-13;1-15(2,3)21-14(20)17-9-5-7-12(11-17)18-10-6-8-16(4)13(18)19;1-14(2,3)20-13(19)16-8-4-6-11(10-16)17-9-5-7-15-12(17)18;1-12-6-3-7-13(10(12)14)9-4-2-5-11-8-9;1-10(2,3)14-9(13)12-6-4-5-8(11)7-12/h9-12,20,23,25-26H,2-8,13-19,21H2,1H3,(H2,32,40)(H,34,35);9,11H,2-7,10H2,1H3;12H,5-11H2,1-4H3;11H,4-10H2,1-3H3,(H,15,18);9,11H,2-8H2,1H3;8H,4-7,11H2,1-3H3/t26-;11-;12-;11-;9-;8-/m111111/s1. The molecule has 133 heavy (non-hydrogen) atoms. The zero-order valence-corrected chi connectivity index (χ0v) is 82.4. The van der Waals surface area contributed by atoms with Gasteiger partial charge >= 0.3 is 48.4 Å². The van der Waals surface area contributed by atoms with Gasteiger partial charge in [0.15, 0.2) is 22.4 Å². The molecule has 7 N–H and O–H groups in total. The number of hydrogen-bond acceptors (Lipinski definition) is 23. The van der Waals surface area contributed by atoms with E-state index in [4.69, 9.17) is 47.5 Å². The highest BCUT2D eigenvalue weighted by molar-refractivity contribution is 6.30. The zero-order chi connectivity index (χ0) is 95.8. The number of hydrogen-bond donors (Lipinski definition) is 5. The largest absolute Gasteiger partial charge is 0.444 e. The lowest BCUT2D eigenvalue weighted by Crippen LogP contribution is -2.57. The van der Waals surface area contributed by atoms with Crippen LogP contribution in [0.2, 0.25) is 5.15 Å². The molecule has 14 heterocycles. The van der Waals surface area contributed by atoms with Crippen molar-refractivity contribution < 1.29 is 57.4 Å². The third-order valence-corrected chi connectivity index (χ3v) is 27.2. The molecule has 3 aromatic rings. The van der Waals surface area contributed by atoms with Gasteiger partial charge in [-0.15, -0.1) is 0 Å². The van der Waals surface area contributed by atoms with Crippen LogP contribution in [0.4, 0.5) is 61.5 Å². The molecule has 13 fully saturated rings. The van der Waals surface area contributed by atoms with Gasteiger partial charge in [-0.2, -0.15) is 5.26 Å². The first-order chi connectivity index (χ1) is 63.4. The summed E-state index contributed by atoms with van der Waals surface area (Å²) in [6.07, 6.45) is 27.4. The normalized spacial score (nSPS) is 24.1. The van der Waals surface area contributed by atoms with E-state index < -0.39 is 22.7 Å². The van der Waals surface area contributed by atoms with Gasteiger partial charge in [-0.1, -0.05) is 36.6 Å². The Bertz CT molecular complexity index is 4380. The number of aromatic nitrogens is 4. The minimum atomic E-state index is -0.615. The molecule has 1 saturated carbocycles. The van der Waals surface area contributed by atoms with Crippen molar-refractivity contribution in [1.82, 2.24) is 94.3 Å². The fraction of sp³-hybridized carbons (Fsp3) is 0.747. The molecular weight excluding hydrogens is 1720 g/mol. The number of benzene rings is 1. The molecule has 2 aromatic heterocycles. The maximum absolute atomic E-state index is 12.8. The molecule has 0 bridgehead atoms. The molecule has 738 valence electrons. The third-order valence-electron chi connectivity index (χ3n) is 26.9. The summed E-state index contributed by atoms with van der Waals surface area (Å²) in [4.78, 5) is 156. The Kier molecular flexibility index (Phi) is 37.8. The van der Waals surface area contributed by atoms with Gasteiger partial charge in [-0.05, 0) is 240 Å². The van der Waals surface area contributed by atoms with Crippen molar-refractivity contribution in [2.45, 2.75) is 275 Å². The predicted molar refractivity (Wildman–Crippen MR) is 513 cm³/mol. The van der Waals surface area contributed by atoms with Crippen LogP contribution in [-0.4, -0.2) is 382 Å². The number of nitriles is 1. The Balaban J connectivity index is 0.000000161. The van der Waals surface area contributed by atoms with Crippen molar-refractivity contribution in [3.63, 3.8) is 0 Å². The fourth-order valence-corrected chi connectivity index (χ4v) is 20.2. The van der Waals surface area contributed by atoms with Crippen LogP contribution in [-0.2, 0) is 14.2 Å². The van der Waals surface area contributed by atoms with E-state index >= 15 is 0 Å². The number of carbonyl (C=O) groups is 9. The lowest BCUT2D eigenvalue weighted by molar-refractivity contribution is 0.0104. The monoisotopic (exact) mass is 1870 g/mol. The number of primary amides is 1. The summed E-state index contributed by atoms with van der Waals surface area (Å²) in [5.41, 5.74) is 12.6. The van der Waals surface area contributed by atoms with Crippen LogP contribution in [0, 0.1) is 11.3 Å². The van der Waals surface area contributed by atoms with E-state index in [1.165, 1.54) is 63.6 Å². The summed E-state index contributed by atoms with van der Waals surface area (Å²) in [6.45, 7) is 36.5. The van der Waals surface area contributed by atoms with E-state index in [-0.39, 0.29) is 95.2 Å². The smallest absolute Gasteiger partial charge is 0.410 e. The Labute approximate surface area is 793 Å². The average molecular weight is 1870 g/mol. The quantitative estimate of drug-likeness (QED) is 0.105. The van der Waals surface area contributed by atoms with Gasteiger partial charge in [0.05, 0.1) is 36.6 Å². The number of halogens is 1. The number of nitrogens with zero attached hydrogens (tertiary/aromatic N) is 20. The number of ether oxygens (including phenoxy) is 3. The molecule has 16 rings (SSSR count). The van der Waals surface area contributed by atoms with Gasteiger partial charge < -0.3 is 115 Å². The molecule has 12 saturated heterocycles. The summed E-state index contributed by atoms with van der Waals surface area (Å²) in [7, 11) is 7.45. The predicted octanol–water partition coefficient (Wildman–Crippen LogP) is 11.7. The second-order valence-electron chi connectivity index (χ2n) is 40.8. The van der Waals surface area contributed by atoms with Crippen LogP contribution < -0.4 is 37.2 Å². The molecule has 12 aliphatic heterocycles. The van der Waals surface area contributed by atoms with Gasteiger partial charge in [-0.3, -0.25) is 4.79 Å². The van der Waals surface area contributed by atoms with Gasteiger partial charge in [-0.25, -0.2) is 58.3 Å². The molecular formula is C95H154ClN25O12. The number of urea groups is 5. The first kappa shape index (κ1) is 104. The van der Waals surface area contributed by atoms with Crippen LogP contribution in [0.15, 0.2) is 36.7 Å². The number of carbonyl (C=O) groups excluding carboxylic acids is 9. The topological polar surface area (TPSA) is 393 Å². The number of piperidine rings is 7. The summed E-state index contributed by atoms with van der Waals surface area (Å²) >= 11 is 5.98. The Morgan fingerprint density at radius 1 is 0.451 bits per heavy atom. The fourth-order valence-electron chi connectivity index (χ4n) is 20.0. The average Bonchev–Trinajstić information content (AvgIpc) is 1.10. The van der Waals surface area contributed by atoms with E-state index in [1.807, 2.05) is 126 Å². The second-order valence-corrected chi connectivity index (χ2v) is 41.2. The molecule has 38 heteroatoms. The highest BCUT2D eigenvalue weighted by atomic mass is 35.5. The molecule has 0 spiro atoms. The Morgan fingerprint density at radius 3 is 1.29 bits per heavy atom. The highest BCUT2D eigenvalue weighted by Gasteiger charge is 2.41. The van der Waals surface area contributed by atoms with Crippen molar-refractivity contribution in [2.24, 2.45) is 11.5 Å². The molecule has 6 atom stereocenters. The summed E-state index contributed by atoms with van der Waals surface area (Å²) in [6, 6.07) is 12.8. The van der Waals surface area contributed by atoms with Crippen LogP contribution in [0.5, 0.6) is 0 Å². The molecule has 0 unspecified atom stereocenters. The number of nitrogens with two attached hydrogens (primary N) is 2. The van der Waals surface area contributed by atoms with Crippen LogP contribution in [0.1, 0.15) is 238 Å². The Hall–Kier alpha value is -9.93. The van der Waals surface area contributed by atoms with Crippen molar-refractivity contribution in [2.75, 3.05) is 200 Å². The lowest BCUT2D eigenvalue weighted by atomic mass is 9.88. The molecule has 0 radical (unpaired) electrons. The van der Waals surface area contributed by atoms with Crippen molar-refractivity contribution in [3.05, 3.63) is 58.8 Å². The van der Waals surface area contributed by atoms with E-state index in [0.29, 0.717) is 68.7 Å². The minimum absolute atomic E-state index is 0.00714. The molecule has 37 nitrogen and oxygen atoms in total.